The van der Waals surface area contributed by atoms with Gasteiger partial charge in [-0.05, 0) is 23.8 Å². The van der Waals surface area contributed by atoms with E-state index in [1.54, 1.807) is 16.9 Å². The zero-order valence-corrected chi connectivity index (χ0v) is 14.8. The summed E-state index contributed by atoms with van der Waals surface area (Å²) in [6.07, 6.45) is 4.26. The number of para-hydroxylation sites is 1. The summed E-state index contributed by atoms with van der Waals surface area (Å²) in [5.74, 6) is -1.93. The Hall–Kier alpha value is -3.81. The molecule has 1 aromatic heterocycles. The van der Waals surface area contributed by atoms with Gasteiger partial charge in [0.15, 0.2) is 6.61 Å². The highest BCUT2D eigenvalue weighted by Gasteiger charge is 2.08. The Morgan fingerprint density at radius 3 is 2.64 bits per heavy atom. The zero-order chi connectivity index (χ0) is 19.8. The Bertz CT molecular complexity index is 986. The van der Waals surface area contributed by atoms with Gasteiger partial charge in [-0.3, -0.25) is 4.79 Å². The number of benzene rings is 2. The quantitative estimate of drug-likeness (QED) is 0.503. The number of rotatable bonds is 7. The smallest absolute Gasteiger partial charge is 0.331 e. The molecule has 0 aliphatic rings. The average Bonchev–Trinajstić information content (AvgIpc) is 3.15. The monoisotopic (exact) mass is 380 g/mol. The Kier molecular flexibility index (Phi) is 6.25. The lowest BCUT2D eigenvalue weighted by Gasteiger charge is -2.05. The minimum absolute atomic E-state index is 0.0223. The van der Waals surface area contributed by atoms with Crippen LogP contribution in [0.1, 0.15) is 11.3 Å². The van der Waals surface area contributed by atoms with Crippen molar-refractivity contribution in [1.29, 1.82) is 0 Å². The van der Waals surface area contributed by atoms with Crippen LogP contribution in [0.2, 0.25) is 0 Å². The molecule has 28 heavy (non-hydrogen) atoms. The maximum Gasteiger partial charge on any atom is 0.331 e. The number of halogens is 1. The summed E-state index contributed by atoms with van der Waals surface area (Å²) < 4.78 is 19.9. The molecular weight excluding hydrogens is 363 g/mol. The van der Waals surface area contributed by atoms with Gasteiger partial charge in [0.1, 0.15) is 11.5 Å². The molecule has 0 atom stereocenters. The Labute approximate surface area is 160 Å². The van der Waals surface area contributed by atoms with Gasteiger partial charge in [0.05, 0.1) is 18.4 Å². The molecule has 2 aromatic carbocycles. The number of nitrogens with zero attached hydrogens (tertiary/aromatic N) is 3. The largest absolute Gasteiger partial charge is 0.452 e. The van der Waals surface area contributed by atoms with E-state index in [2.05, 4.69) is 15.6 Å². The van der Waals surface area contributed by atoms with E-state index in [9.17, 15) is 14.0 Å². The second kappa shape index (κ2) is 9.22. The molecule has 8 heteroatoms. The fourth-order valence-corrected chi connectivity index (χ4v) is 2.32. The van der Waals surface area contributed by atoms with Crippen molar-refractivity contribution in [2.24, 2.45) is 0 Å². The summed E-state index contributed by atoms with van der Waals surface area (Å²) in [7, 11) is 0. The first-order valence-electron chi connectivity index (χ1n) is 8.43. The number of esters is 1. The Morgan fingerprint density at radius 1 is 1.11 bits per heavy atom. The van der Waals surface area contributed by atoms with E-state index >= 15 is 0 Å². The fraction of sp³-hybridized carbons (Fsp3) is 0.100. The third-order valence-corrected chi connectivity index (χ3v) is 3.63. The second-order valence-electron chi connectivity index (χ2n) is 5.80. The van der Waals surface area contributed by atoms with Crippen LogP contribution in [0.15, 0.2) is 66.9 Å². The van der Waals surface area contributed by atoms with Crippen LogP contribution in [0.3, 0.4) is 0 Å². The van der Waals surface area contributed by atoms with Gasteiger partial charge in [0.2, 0.25) is 0 Å². The van der Waals surface area contributed by atoms with Crippen LogP contribution in [-0.2, 0) is 20.9 Å². The maximum absolute atomic E-state index is 13.4. The van der Waals surface area contributed by atoms with E-state index in [-0.39, 0.29) is 5.69 Å². The van der Waals surface area contributed by atoms with E-state index < -0.39 is 24.3 Å². The molecule has 1 amide bonds. The molecule has 7 nitrogen and oxygen atoms in total. The molecule has 3 rings (SSSR count). The number of amides is 1. The first-order chi connectivity index (χ1) is 13.6. The first-order valence-corrected chi connectivity index (χ1v) is 8.43. The molecule has 0 bridgehead atoms. The van der Waals surface area contributed by atoms with Crippen molar-refractivity contribution >= 4 is 23.6 Å². The molecule has 0 saturated heterocycles. The van der Waals surface area contributed by atoms with Crippen molar-refractivity contribution in [2.45, 2.75) is 6.54 Å². The van der Waals surface area contributed by atoms with Crippen molar-refractivity contribution in [3.05, 3.63) is 83.9 Å². The Morgan fingerprint density at radius 2 is 1.86 bits per heavy atom. The minimum atomic E-state index is -0.721. The number of anilines is 1. The van der Waals surface area contributed by atoms with Crippen molar-refractivity contribution in [3.8, 4) is 0 Å². The van der Waals surface area contributed by atoms with E-state index in [1.165, 1.54) is 24.3 Å². The van der Waals surface area contributed by atoms with Crippen LogP contribution in [0.25, 0.3) is 6.08 Å². The summed E-state index contributed by atoms with van der Waals surface area (Å²) in [5.41, 5.74) is 1.57. The van der Waals surface area contributed by atoms with Gasteiger partial charge in [-0.2, -0.15) is 0 Å². The van der Waals surface area contributed by atoms with Crippen LogP contribution in [0.5, 0.6) is 0 Å². The molecule has 0 radical (unpaired) electrons. The minimum Gasteiger partial charge on any atom is -0.452 e. The molecule has 0 aliphatic carbocycles. The van der Waals surface area contributed by atoms with Crippen molar-refractivity contribution in [2.75, 3.05) is 11.9 Å². The summed E-state index contributed by atoms with van der Waals surface area (Å²) in [6.45, 7) is 0.0283. The van der Waals surface area contributed by atoms with E-state index in [0.29, 0.717) is 12.2 Å². The standard InChI is InChI=1S/C20H17FN4O3/c21-17-8-4-5-9-18(17)22-19(26)14-28-20(27)11-10-16-13-25(24-23-16)12-15-6-2-1-3-7-15/h1-11,13H,12,14H2,(H,22,26)/b11-10+. The maximum atomic E-state index is 13.4. The van der Waals surface area contributed by atoms with Gasteiger partial charge in [-0.15, -0.1) is 5.10 Å². The molecular formula is C20H17FN4O3. The first kappa shape index (κ1) is 19.0. The molecule has 142 valence electrons. The highest BCUT2D eigenvalue weighted by molar-refractivity contribution is 5.94. The van der Waals surface area contributed by atoms with Crippen LogP contribution in [0, 0.1) is 5.82 Å². The SMILES string of the molecule is O=C(COC(=O)/C=C/c1cn(Cc2ccccc2)nn1)Nc1ccccc1F. The number of hydrogen-bond donors (Lipinski definition) is 1. The summed E-state index contributed by atoms with van der Waals surface area (Å²) in [6, 6.07) is 15.5. The third kappa shape index (κ3) is 5.60. The van der Waals surface area contributed by atoms with Gasteiger partial charge in [-0.25, -0.2) is 13.9 Å². The van der Waals surface area contributed by atoms with Crippen LogP contribution in [0.4, 0.5) is 10.1 Å². The lowest BCUT2D eigenvalue weighted by Crippen LogP contribution is -2.20. The van der Waals surface area contributed by atoms with Crippen LogP contribution >= 0.6 is 0 Å². The number of aromatic nitrogens is 3. The summed E-state index contributed by atoms with van der Waals surface area (Å²) >= 11 is 0. The van der Waals surface area contributed by atoms with E-state index in [4.69, 9.17) is 4.74 Å². The topological polar surface area (TPSA) is 86.1 Å². The molecule has 0 fully saturated rings. The molecule has 0 aliphatic heterocycles. The lowest BCUT2D eigenvalue weighted by atomic mass is 10.2. The van der Waals surface area contributed by atoms with Gasteiger partial charge in [-0.1, -0.05) is 47.7 Å². The average molecular weight is 380 g/mol. The van der Waals surface area contributed by atoms with Crippen molar-refractivity contribution in [1.82, 2.24) is 15.0 Å². The summed E-state index contributed by atoms with van der Waals surface area (Å²) in [5, 5.41) is 10.2. The van der Waals surface area contributed by atoms with E-state index in [1.807, 2.05) is 30.3 Å². The van der Waals surface area contributed by atoms with Crippen LogP contribution < -0.4 is 5.32 Å². The molecule has 0 saturated carbocycles. The predicted molar refractivity (Wildman–Crippen MR) is 101 cm³/mol. The van der Waals surface area contributed by atoms with Crippen molar-refractivity contribution in [3.63, 3.8) is 0 Å². The highest BCUT2D eigenvalue weighted by atomic mass is 19.1. The van der Waals surface area contributed by atoms with Crippen molar-refractivity contribution < 1.29 is 18.7 Å². The van der Waals surface area contributed by atoms with Crippen LogP contribution in [-0.4, -0.2) is 33.5 Å². The fourth-order valence-electron chi connectivity index (χ4n) is 2.32. The van der Waals surface area contributed by atoms with Gasteiger partial charge in [0.25, 0.3) is 5.91 Å². The summed E-state index contributed by atoms with van der Waals surface area (Å²) in [4.78, 5) is 23.4. The number of carbonyl (C=O) groups is 2. The Balaban J connectivity index is 1.46. The van der Waals surface area contributed by atoms with Gasteiger partial charge < -0.3 is 10.1 Å². The zero-order valence-electron chi connectivity index (χ0n) is 14.8. The number of hydrogen-bond acceptors (Lipinski definition) is 5. The lowest BCUT2D eigenvalue weighted by molar-refractivity contribution is -0.142. The number of carbonyl (C=O) groups excluding carboxylic acids is 2. The number of nitrogens with one attached hydrogen (secondary N) is 1. The second-order valence-corrected chi connectivity index (χ2v) is 5.80. The molecule has 0 unspecified atom stereocenters. The normalized spacial score (nSPS) is 10.8. The van der Waals surface area contributed by atoms with Gasteiger partial charge in [0, 0.05) is 6.08 Å². The number of ether oxygens (including phenoxy) is 1. The highest BCUT2D eigenvalue weighted by Crippen LogP contribution is 2.12. The molecule has 0 spiro atoms. The van der Waals surface area contributed by atoms with Gasteiger partial charge >= 0.3 is 5.97 Å². The predicted octanol–water partition coefficient (Wildman–Crippen LogP) is 2.66. The molecule has 1 heterocycles. The molecule has 3 aromatic rings. The van der Waals surface area contributed by atoms with E-state index in [0.717, 1.165) is 11.6 Å². The molecule has 1 N–H and O–H groups in total. The third-order valence-electron chi connectivity index (χ3n) is 3.63.